The standard InChI is InChI=1S/C15H12N2O2/c1-19-16-14-12-9-5-6-10-13(12)17(15(14)18)11-7-3-2-4-8-11/h2-10H,1H3/b16-14+. The Balaban J connectivity index is 2.18. The number of nitrogens with zero attached hydrogens (tertiary/aromatic N) is 2. The maximum Gasteiger partial charge on any atom is 0.285 e. The van der Waals surface area contributed by atoms with Crippen molar-refractivity contribution in [3.05, 3.63) is 60.2 Å². The van der Waals surface area contributed by atoms with Crippen molar-refractivity contribution >= 4 is 23.0 Å². The number of hydrogen-bond donors (Lipinski definition) is 0. The first-order valence-corrected chi connectivity index (χ1v) is 5.93. The molecule has 4 heteroatoms. The van der Waals surface area contributed by atoms with Gasteiger partial charge in [0.2, 0.25) is 0 Å². The van der Waals surface area contributed by atoms with Crippen LogP contribution in [0.2, 0.25) is 0 Å². The number of hydrogen-bond acceptors (Lipinski definition) is 3. The van der Waals surface area contributed by atoms with Crippen molar-refractivity contribution in [2.45, 2.75) is 0 Å². The Hall–Kier alpha value is -2.62. The Morgan fingerprint density at radius 3 is 2.42 bits per heavy atom. The van der Waals surface area contributed by atoms with Gasteiger partial charge in [0, 0.05) is 11.3 Å². The van der Waals surface area contributed by atoms with E-state index in [1.54, 1.807) is 4.90 Å². The van der Waals surface area contributed by atoms with Crippen molar-refractivity contribution in [3.63, 3.8) is 0 Å². The first-order chi connectivity index (χ1) is 9.33. The highest BCUT2D eigenvalue weighted by molar-refractivity contribution is 6.55. The molecule has 4 nitrogen and oxygen atoms in total. The summed E-state index contributed by atoms with van der Waals surface area (Å²) in [6.45, 7) is 0. The van der Waals surface area contributed by atoms with Crippen LogP contribution in [-0.2, 0) is 9.63 Å². The zero-order chi connectivity index (χ0) is 13.2. The van der Waals surface area contributed by atoms with Crippen LogP contribution in [-0.4, -0.2) is 18.7 Å². The number of fused-ring (bicyclic) bond motifs is 1. The van der Waals surface area contributed by atoms with Crippen LogP contribution >= 0.6 is 0 Å². The number of benzene rings is 2. The molecule has 0 saturated carbocycles. The van der Waals surface area contributed by atoms with Gasteiger partial charge in [-0.3, -0.25) is 9.69 Å². The number of oxime groups is 1. The van der Waals surface area contributed by atoms with Gasteiger partial charge in [0.1, 0.15) is 7.11 Å². The predicted octanol–water partition coefficient (Wildman–Crippen LogP) is 2.72. The molecular formula is C15H12N2O2. The second-order valence-corrected chi connectivity index (χ2v) is 4.12. The normalized spacial score (nSPS) is 15.7. The maximum absolute atomic E-state index is 12.5. The zero-order valence-electron chi connectivity index (χ0n) is 10.4. The van der Waals surface area contributed by atoms with Gasteiger partial charge < -0.3 is 4.84 Å². The smallest absolute Gasteiger partial charge is 0.285 e. The SMILES string of the molecule is CO/N=C1/C(=O)N(c2ccccc2)c2ccccc21. The van der Waals surface area contributed by atoms with E-state index < -0.39 is 0 Å². The van der Waals surface area contributed by atoms with Crippen molar-refractivity contribution in [1.82, 2.24) is 0 Å². The molecule has 0 atom stereocenters. The minimum Gasteiger partial charge on any atom is -0.398 e. The van der Waals surface area contributed by atoms with Crippen LogP contribution in [0.4, 0.5) is 11.4 Å². The summed E-state index contributed by atoms with van der Waals surface area (Å²) in [5.74, 6) is -0.172. The molecule has 0 saturated heterocycles. The molecule has 94 valence electrons. The summed E-state index contributed by atoms with van der Waals surface area (Å²) >= 11 is 0. The average Bonchev–Trinajstić information content (AvgIpc) is 2.73. The van der Waals surface area contributed by atoms with Crippen molar-refractivity contribution in [2.75, 3.05) is 12.0 Å². The van der Waals surface area contributed by atoms with E-state index in [9.17, 15) is 4.79 Å². The Bertz CT molecular complexity index is 650. The third-order valence-corrected chi connectivity index (χ3v) is 3.00. The van der Waals surface area contributed by atoms with Gasteiger partial charge >= 0.3 is 0 Å². The predicted molar refractivity (Wildman–Crippen MR) is 73.6 cm³/mol. The van der Waals surface area contributed by atoms with Crippen molar-refractivity contribution in [3.8, 4) is 0 Å². The Kier molecular flexibility index (Phi) is 2.76. The zero-order valence-corrected chi connectivity index (χ0v) is 10.4. The van der Waals surface area contributed by atoms with Gasteiger partial charge in [-0.05, 0) is 18.2 Å². The van der Waals surface area contributed by atoms with Crippen LogP contribution < -0.4 is 4.90 Å². The number of amides is 1. The molecule has 2 aromatic carbocycles. The van der Waals surface area contributed by atoms with Gasteiger partial charge in [-0.2, -0.15) is 0 Å². The number of rotatable bonds is 2. The monoisotopic (exact) mass is 252 g/mol. The minimum absolute atomic E-state index is 0.172. The second kappa shape index (κ2) is 4.57. The van der Waals surface area contributed by atoms with E-state index in [-0.39, 0.29) is 5.91 Å². The van der Waals surface area contributed by atoms with Gasteiger partial charge in [-0.25, -0.2) is 0 Å². The molecule has 0 N–H and O–H groups in total. The summed E-state index contributed by atoms with van der Waals surface area (Å²) in [4.78, 5) is 18.9. The summed E-state index contributed by atoms with van der Waals surface area (Å²) in [5, 5.41) is 3.85. The highest BCUT2D eigenvalue weighted by atomic mass is 16.6. The molecule has 0 radical (unpaired) electrons. The number of carbonyl (C=O) groups is 1. The lowest BCUT2D eigenvalue weighted by molar-refractivity contribution is -0.111. The molecular weight excluding hydrogens is 240 g/mol. The Labute approximate surface area is 110 Å². The van der Waals surface area contributed by atoms with Crippen molar-refractivity contribution in [2.24, 2.45) is 5.16 Å². The largest absolute Gasteiger partial charge is 0.398 e. The molecule has 2 aromatic rings. The molecule has 3 rings (SSSR count). The molecule has 0 spiro atoms. The molecule has 19 heavy (non-hydrogen) atoms. The fourth-order valence-electron chi connectivity index (χ4n) is 2.21. The van der Waals surface area contributed by atoms with Crippen LogP contribution in [0.1, 0.15) is 5.56 Å². The molecule has 0 aliphatic carbocycles. The van der Waals surface area contributed by atoms with Crippen LogP contribution in [0.3, 0.4) is 0 Å². The second-order valence-electron chi connectivity index (χ2n) is 4.12. The van der Waals surface area contributed by atoms with E-state index >= 15 is 0 Å². The lowest BCUT2D eigenvalue weighted by atomic mass is 10.1. The highest BCUT2D eigenvalue weighted by Crippen LogP contribution is 2.35. The van der Waals surface area contributed by atoms with Gasteiger partial charge in [-0.15, -0.1) is 0 Å². The van der Waals surface area contributed by atoms with E-state index in [0.717, 1.165) is 16.9 Å². The first-order valence-electron chi connectivity index (χ1n) is 5.93. The van der Waals surface area contributed by atoms with Gasteiger partial charge in [0.25, 0.3) is 5.91 Å². The fourth-order valence-corrected chi connectivity index (χ4v) is 2.21. The van der Waals surface area contributed by atoms with Gasteiger partial charge in [-0.1, -0.05) is 41.6 Å². The van der Waals surface area contributed by atoms with Gasteiger partial charge in [0.05, 0.1) is 5.69 Å². The first kappa shape index (κ1) is 11.5. The summed E-state index contributed by atoms with van der Waals surface area (Å²) in [6, 6.07) is 17.1. The van der Waals surface area contributed by atoms with Crippen LogP contribution in [0, 0.1) is 0 Å². The molecule has 0 fully saturated rings. The maximum atomic E-state index is 12.5. The summed E-state index contributed by atoms with van der Waals surface area (Å²) < 4.78 is 0. The minimum atomic E-state index is -0.172. The third-order valence-electron chi connectivity index (χ3n) is 3.00. The number of para-hydroxylation sites is 2. The van der Waals surface area contributed by atoms with Gasteiger partial charge in [0.15, 0.2) is 5.71 Å². The molecule has 1 amide bonds. The van der Waals surface area contributed by atoms with E-state index in [2.05, 4.69) is 5.16 Å². The lowest BCUT2D eigenvalue weighted by Crippen LogP contribution is -2.25. The molecule has 0 bridgehead atoms. The quantitative estimate of drug-likeness (QED) is 0.771. The Morgan fingerprint density at radius 2 is 1.68 bits per heavy atom. The van der Waals surface area contributed by atoms with Crippen molar-refractivity contribution in [1.29, 1.82) is 0 Å². The summed E-state index contributed by atoms with van der Waals surface area (Å²) in [5.41, 5.74) is 2.77. The molecule has 1 aliphatic rings. The molecule has 1 heterocycles. The van der Waals surface area contributed by atoms with E-state index in [4.69, 9.17) is 4.84 Å². The van der Waals surface area contributed by atoms with Crippen LogP contribution in [0.25, 0.3) is 0 Å². The number of anilines is 2. The summed E-state index contributed by atoms with van der Waals surface area (Å²) in [6.07, 6.45) is 0. The fraction of sp³-hybridized carbons (Fsp3) is 0.0667. The average molecular weight is 252 g/mol. The van der Waals surface area contributed by atoms with Crippen molar-refractivity contribution < 1.29 is 9.63 Å². The van der Waals surface area contributed by atoms with Crippen LogP contribution in [0.15, 0.2) is 59.8 Å². The molecule has 0 aromatic heterocycles. The van der Waals surface area contributed by atoms with E-state index in [1.807, 2.05) is 54.6 Å². The van der Waals surface area contributed by atoms with E-state index in [1.165, 1.54) is 7.11 Å². The molecule has 0 unspecified atom stereocenters. The summed E-state index contributed by atoms with van der Waals surface area (Å²) in [7, 11) is 1.44. The highest BCUT2D eigenvalue weighted by Gasteiger charge is 2.35. The topological polar surface area (TPSA) is 41.9 Å². The molecule has 1 aliphatic heterocycles. The lowest BCUT2D eigenvalue weighted by Gasteiger charge is -2.16. The van der Waals surface area contributed by atoms with Crippen LogP contribution in [0.5, 0.6) is 0 Å². The van der Waals surface area contributed by atoms with E-state index in [0.29, 0.717) is 5.71 Å². The third kappa shape index (κ3) is 1.78. The Morgan fingerprint density at radius 1 is 1.00 bits per heavy atom. The number of carbonyl (C=O) groups excluding carboxylic acids is 1.